The van der Waals surface area contributed by atoms with Crippen LogP contribution in [0.5, 0.6) is 0 Å². The number of hydrogen-bond acceptors (Lipinski definition) is 4. The molecule has 0 radical (unpaired) electrons. The van der Waals surface area contributed by atoms with Crippen LogP contribution in [0.2, 0.25) is 0 Å². The first kappa shape index (κ1) is 20.7. The summed E-state index contributed by atoms with van der Waals surface area (Å²) >= 11 is 0. The Kier molecular flexibility index (Phi) is 8.86. The van der Waals surface area contributed by atoms with Gasteiger partial charge in [-0.2, -0.15) is 0 Å². The number of hydrogen-bond donors (Lipinski definition) is 2. The molecule has 0 aliphatic heterocycles. The fourth-order valence-electron chi connectivity index (χ4n) is 2.92. The van der Waals surface area contributed by atoms with Crippen molar-refractivity contribution >= 4 is 11.8 Å². The number of aliphatic hydroxyl groups excluding tert-OH is 1. The van der Waals surface area contributed by atoms with Crippen molar-refractivity contribution < 1.29 is 9.94 Å². The molecule has 1 fully saturated rings. The topological polar surface area (TPSA) is 53.8 Å². The molecule has 0 aromatic heterocycles. The number of nitrogens with one attached hydrogen (secondary N) is 1. The lowest BCUT2D eigenvalue weighted by molar-refractivity contribution is 0.0382. The molecule has 0 heterocycles. The van der Waals surface area contributed by atoms with E-state index in [1.54, 1.807) is 0 Å². The van der Waals surface area contributed by atoms with Gasteiger partial charge in [-0.1, -0.05) is 55.8 Å². The molecule has 26 heavy (non-hydrogen) atoms. The molecule has 1 aliphatic rings. The number of allylic oxidation sites excluding steroid dienone is 1. The van der Waals surface area contributed by atoms with E-state index in [0.717, 1.165) is 25.0 Å². The molecule has 1 aromatic rings. The summed E-state index contributed by atoms with van der Waals surface area (Å²) < 4.78 is 0. The molecule has 0 bridgehead atoms. The number of benzene rings is 1. The molecule has 144 valence electrons. The Bertz CT molecular complexity index is 581. The van der Waals surface area contributed by atoms with E-state index in [4.69, 9.17) is 4.84 Å². The average Bonchev–Trinajstić information content (AvgIpc) is 2.86. The summed E-state index contributed by atoms with van der Waals surface area (Å²) in [4.78, 5) is 5.51. The maximum Gasteiger partial charge on any atom is 0.144 e. The molecule has 0 amide bonds. The molecular weight excluding hydrogens is 324 g/mol. The van der Waals surface area contributed by atoms with Crippen LogP contribution < -0.4 is 5.32 Å². The minimum Gasteiger partial charge on any atom is -0.393 e. The van der Waals surface area contributed by atoms with Gasteiger partial charge in [0.1, 0.15) is 12.7 Å². The van der Waals surface area contributed by atoms with E-state index in [9.17, 15) is 5.11 Å². The van der Waals surface area contributed by atoms with Crippen molar-refractivity contribution in [3.05, 3.63) is 41.5 Å². The van der Waals surface area contributed by atoms with E-state index < -0.39 is 6.10 Å². The monoisotopic (exact) mass is 358 g/mol. The van der Waals surface area contributed by atoms with Crippen molar-refractivity contribution in [2.75, 3.05) is 13.2 Å². The summed E-state index contributed by atoms with van der Waals surface area (Å²) in [7, 11) is 0. The van der Waals surface area contributed by atoms with Gasteiger partial charge in [0, 0.05) is 12.6 Å². The average molecular weight is 359 g/mol. The highest BCUT2D eigenvalue weighted by Gasteiger charge is 2.14. The third-order valence-corrected chi connectivity index (χ3v) is 4.99. The standard InChI is InChI=1S/C22H34N2O2/c1-17(2)18(3)23-15-21(25)16-26-24-22-13-9-5-8-12-20(22)14-19-10-6-4-7-11-19/h4,6-7,10-11,14,17-18,21,23,25H,5,8-9,12-13,15-16H2,1-3H3/b20-14-,24-22+. The maximum atomic E-state index is 10.1. The van der Waals surface area contributed by atoms with E-state index in [1.165, 1.54) is 24.0 Å². The quantitative estimate of drug-likeness (QED) is 0.535. The van der Waals surface area contributed by atoms with Crippen molar-refractivity contribution in [3.8, 4) is 0 Å². The van der Waals surface area contributed by atoms with Gasteiger partial charge in [0.15, 0.2) is 0 Å². The lowest BCUT2D eigenvalue weighted by atomic mass is 10.0. The molecule has 0 saturated heterocycles. The van der Waals surface area contributed by atoms with Crippen LogP contribution in [-0.4, -0.2) is 36.1 Å². The van der Waals surface area contributed by atoms with Crippen LogP contribution >= 0.6 is 0 Å². The Labute approximate surface area is 158 Å². The van der Waals surface area contributed by atoms with Crippen LogP contribution in [0.25, 0.3) is 6.08 Å². The minimum atomic E-state index is -0.548. The molecule has 1 aromatic carbocycles. The maximum absolute atomic E-state index is 10.1. The Hall–Kier alpha value is -1.65. The van der Waals surface area contributed by atoms with Crippen LogP contribution in [0, 0.1) is 5.92 Å². The first-order valence-corrected chi connectivity index (χ1v) is 9.92. The molecule has 2 unspecified atom stereocenters. The first-order chi connectivity index (χ1) is 12.6. The van der Waals surface area contributed by atoms with Crippen molar-refractivity contribution in [3.63, 3.8) is 0 Å². The van der Waals surface area contributed by atoms with Gasteiger partial charge >= 0.3 is 0 Å². The number of aliphatic hydroxyl groups is 1. The fourth-order valence-corrected chi connectivity index (χ4v) is 2.92. The second-order valence-corrected chi connectivity index (χ2v) is 7.57. The highest BCUT2D eigenvalue weighted by molar-refractivity contribution is 6.03. The van der Waals surface area contributed by atoms with Crippen molar-refractivity contribution in [1.29, 1.82) is 0 Å². The molecular formula is C22H34N2O2. The Morgan fingerprint density at radius 3 is 2.58 bits per heavy atom. The summed E-state index contributed by atoms with van der Waals surface area (Å²) in [5, 5.41) is 17.8. The number of rotatable bonds is 8. The van der Waals surface area contributed by atoms with Gasteiger partial charge in [-0.3, -0.25) is 0 Å². The van der Waals surface area contributed by atoms with Crippen LogP contribution in [0.3, 0.4) is 0 Å². The second-order valence-electron chi connectivity index (χ2n) is 7.57. The van der Waals surface area contributed by atoms with E-state index >= 15 is 0 Å². The van der Waals surface area contributed by atoms with Gasteiger partial charge in [0.2, 0.25) is 0 Å². The van der Waals surface area contributed by atoms with E-state index in [2.05, 4.69) is 61.6 Å². The van der Waals surface area contributed by atoms with Gasteiger partial charge in [0.25, 0.3) is 0 Å². The minimum absolute atomic E-state index is 0.222. The summed E-state index contributed by atoms with van der Waals surface area (Å²) in [6, 6.07) is 10.7. The lowest BCUT2D eigenvalue weighted by Gasteiger charge is -2.19. The lowest BCUT2D eigenvalue weighted by Crippen LogP contribution is -2.38. The largest absolute Gasteiger partial charge is 0.393 e. The van der Waals surface area contributed by atoms with Crippen molar-refractivity contribution in [1.82, 2.24) is 5.32 Å². The molecule has 2 atom stereocenters. The van der Waals surface area contributed by atoms with Gasteiger partial charge in [-0.05, 0) is 55.7 Å². The van der Waals surface area contributed by atoms with E-state index in [0.29, 0.717) is 18.5 Å². The molecule has 1 saturated carbocycles. The zero-order valence-electron chi connectivity index (χ0n) is 16.4. The molecule has 4 nitrogen and oxygen atoms in total. The van der Waals surface area contributed by atoms with Crippen LogP contribution in [0.1, 0.15) is 58.4 Å². The Morgan fingerprint density at radius 2 is 1.85 bits per heavy atom. The zero-order chi connectivity index (χ0) is 18.8. The van der Waals surface area contributed by atoms with Crippen molar-refractivity contribution in [2.24, 2.45) is 11.1 Å². The zero-order valence-corrected chi connectivity index (χ0v) is 16.4. The van der Waals surface area contributed by atoms with Crippen LogP contribution in [0.15, 0.2) is 41.1 Å². The molecule has 1 aliphatic carbocycles. The summed E-state index contributed by atoms with van der Waals surface area (Å²) in [5.41, 5.74) is 3.49. The van der Waals surface area contributed by atoms with Crippen molar-refractivity contribution in [2.45, 2.75) is 65.0 Å². The first-order valence-electron chi connectivity index (χ1n) is 9.92. The fraction of sp³-hybridized carbons (Fsp3) is 0.591. The summed E-state index contributed by atoms with van der Waals surface area (Å²) in [5.74, 6) is 0.542. The number of oxime groups is 1. The Balaban J connectivity index is 1.92. The molecule has 2 rings (SSSR count). The molecule has 0 spiro atoms. The molecule has 4 heteroatoms. The summed E-state index contributed by atoms with van der Waals surface area (Å²) in [6.07, 6.45) is 7.21. The van der Waals surface area contributed by atoms with Gasteiger partial charge < -0.3 is 15.3 Å². The highest BCUT2D eigenvalue weighted by Crippen LogP contribution is 2.23. The van der Waals surface area contributed by atoms with E-state index in [-0.39, 0.29) is 6.61 Å². The normalized spacial score (nSPS) is 21.0. The smallest absolute Gasteiger partial charge is 0.144 e. The van der Waals surface area contributed by atoms with Gasteiger partial charge in [-0.15, -0.1) is 0 Å². The third kappa shape index (κ3) is 7.30. The predicted octanol–water partition coefficient (Wildman–Crippen LogP) is 4.40. The van der Waals surface area contributed by atoms with Crippen LogP contribution in [-0.2, 0) is 4.84 Å². The van der Waals surface area contributed by atoms with Gasteiger partial charge in [-0.25, -0.2) is 0 Å². The van der Waals surface area contributed by atoms with E-state index in [1.807, 2.05) is 6.07 Å². The predicted molar refractivity (Wildman–Crippen MR) is 109 cm³/mol. The summed E-state index contributed by atoms with van der Waals surface area (Å²) in [6.45, 7) is 7.21. The SMILES string of the molecule is CC(C)C(C)NCC(O)CO/N=C1\CCCCC\C1=C\c1ccccc1. The number of nitrogens with zero attached hydrogens (tertiary/aromatic N) is 1. The van der Waals surface area contributed by atoms with Crippen LogP contribution in [0.4, 0.5) is 0 Å². The molecule has 2 N–H and O–H groups in total. The highest BCUT2D eigenvalue weighted by atomic mass is 16.6. The second kappa shape index (κ2) is 11.1. The van der Waals surface area contributed by atoms with Gasteiger partial charge in [0.05, 0.1) is 5.71 Å². The Morgan fingerprint density at radius 1 is 1.12 bits per heavy atom. The third-order valence-electron chi connectivity index (χ3n) is 4.99.